The summed E-state index contributed by atoms with van der Waals surface area (Å²) in [6.45, 7) is 1.66. The number of hydrogen-bond donors (Lipinski definition) is 1. The van der Waals surface area contributed by atoms with Crippen LogP contribution in [0.2, 0.25) is 0 Å². The lowest BCUT2D eigenvalue weighted by molar-refractivity contribution is -0.156. The van der Waals surface area contributed by atoms with Crippen LogP contribution in [0.15, 0.2) is 77.7 Å². The van der Waals surface area contributed by atoms with Gasteiger partial charge in [-0.2, -0.15) is 8.42 Å². The minimum Gasteiger partial charge on any atom is -0.497 e. The molecule has 1 fully saturated rings. The number of nitrogens with zero attached hydrogens (tertiary/aromatic N) is 1. The van der Waals surface area contributed by atoms with Crippen LogP contribution in [0.5, 0.6) is 11.5 Å². The van der Waals surface area contributed by atoms with Crippen molar-refractivity contribution in [3.8, 4) is 11.5 Å². The van der Waals surface area contributed by atoms with Crippen LogP contribution < -0.4 is 14.8 Å². The Labute approximate surface area is 222 Å². The second kappa shape index (κ2) is 11.7. The standard InChI is InChI=1S/C28H30N2O7S/c1-19-9-13-23(14-10-19)38(33,34)37-18-24-27(29-26(31)15-20-7-5-4-6-8-20)28(32)30(24)17-21-11-12-22(35-2)16-25(21)36-3/h4-14,16,24,27H,15,17-18H2,1-3H3,(H,29,31)/t24-,27+/m0/s1. The molecule has 10 heteroatoms. The lowest BCUT2D eigenvalue weighted by Gasteiger charge is -2.47. The fraction of sp³-hybridized carbons (Fsp3) is 0.286. The molecular weight excluding hydrogens is 508 g/mol. The van der Waals surface area contributed by atoms with E-state index < -0.39 is 22.2 Å². The zero-order valence-electron chi connectivity index (χ0n) is 21.4. The fourth-order valence-corrected chi connectivity index (χ4v) is 5.17. The molecule has 3 aromatic rings. The largest absolute Gasteiger partial charge is 0.497 e. The third-order valence-corrected chi connectivity index (χ3v) is 7.69. The van der Waals surface area contributed by atoms with Crippen molar-refractivity contribution in [1.29, 1.82) is 0 Å². The number of hydrogen-bond acceptors (Lipinski definition) is 7. The summed E-state index contributed by atoms with van der Waals surface area (Å²) in [5.41, 5.74) is 2.41. The fourth-order valence-electron chi connectivity index (χ4n) is 4.25. The molecule has 1 saturated heterocycles. The zero-order chi connectivity index (χ0) is 27.3. The molecule has 2 amide bonds. The van der Waals surface area contributed by atoms with E-state index >= 15 is 0 Å². The minimum atomic E-state index is -4.08. The summed E-state index contributed by atoms with van der Waals surface area (Å²) in [7, 11) is -1.03. The van der Waals surface area contributed by atoms with Crippen LogP contribution >= 0.6 is 0 Å². The first-order chi connectivity index (χ1) is 18.2. The van der Waals surface area contributed by atoms with E-state index in [-0.39, 0.29) is 36.3 Å². The van der Waals surface area contributed by atoms with Gasteiger partial charge in [-0.1, -0.05) is 48.0 Å². The smallest absolute Gasteiger partial charge is 0.297 e. The lowest BCUT2D eigenvalue weighted by atomic mass is 9.94. The molecule has 200 valence electrons. The first-order valence-electron chi connectivity index (χ1n) is 12.0. The van der Waals surface area contributed by atoms with Crippen molar-refractivity contribution in [1.82, 2.24) is 10.2 Å². The van der Waals surface area contributed by atoms with Gasteiger partial charge in [-0.3, -0.25) is 13.8 Å². The SMILES string of the molecule is COc1ccc(CN2C(=O)[C@H](NC(=O)Cc3ccccc3)[C@@H]2COS(=O)(=O)c2ccc(C)cc2)c(OC)c1. The molecule has 0 aliphatic carbocycles. The highest BCUT2D eigenvalue weighted by Gasteiger charge is 2.49. The molecule has 0 radical (unpaired) electrons. The van der Waals surface area contributed by atoms with Crippen molar-refractivity contribution in [2.45, 2.75) is 36.9 Å². The highest BCUT2D eigenvalue weighted by molar-refractivity contribution is 7.86. The molecule has 1 aliphatic rings. The normalized spacial score (nSPS) is 17.0. The summed E-state index contributed by atoms with van der Waals surface area (Å²) in [4.78, 5) is 27.4. The first kappa shape index (κ1) is 27.2. The summed E-state index contributed by atoms with van der Waals surface area (Å²) in [6.07, 6.45) is 0.0894. The van der Waals surface area contributed by atoms with E-state index in [9.17, 15) is 18.0 Å². The summed E-state index contributed by atoms with van der Waals surface area (Å²) < 4.78 is 41.7. The van der Waals surface area contributed by atoms with E-state index in [2.05, 4.69) is 5.32 Å². The Bertz CT molecular complexity index is 1390. The Morgan fingerprint density at radius 2 is 1.68 bits per heavy atom. The average molecular weight is 539 g/mol. The van der Waals surface area contributed by atoms with Gasteiger partial charge in [0.1, 0.15) is 17.5 Å². The Balaban J connectivity index is 1.53. The van der Waals surface area contributed by atoms with Crippen molar-refractivity contribution < 1.29 is 31.7 Å². The number of nitrogens with one attached hydrogen (secondary N) is 1. The lowest BCUT2D eigenvalue weighted by Crippen LogP contribution is -2.71. The maximum absolute atomic E-state index is 13.2. The molecule has 0 bridgehead atoms. The van der Waals surface area contributed by atoms with Crippen molar-refractivity contribution in [3.05, 3.63) is 89.5 Å². The molecule has 3 aromatic carbocycles. The summed E-state index contributed by atoms with van der Waals surface area (Å²) in [5, 5.41) is 2.75. The Morgan fingerprint density at radius 1 is 0.974 bits per heavy atom. The minimum absolute atomic E-state index is 0.0155. The number of benzene rings is 3. The van der Waals surface area contributed by atoms with Gasteiger partial charge in [0.15, 0.2) is 0 Å². The second-order valence-corrected chi connectivity index (χ2v) is 10.6. The summed E-state index contributed by atoms with van der Waals surface area (Å²) >= 11 is 0. The van der Waals surface area contributed by atoms with Crippen molar-refractivity contribution in [2.75, 3.05) is 20.8 Å². The van der Waals surface area contributed by atoms with Crippen molar-refractivity contribution in [2.24, 2.45) is 0 Å². The van der Waals surface area contributed by atoms with E-state index in [0.717, 1.165) is 11.1 Å². The van der Waals surface area contributed by atoms with Crippen LogP contribution in [-0.2, 0) is 36.9 Å². The van der Waals surface area contributed by atoms with Crippen molar-refractivity contribution in [3.63, 3.8) is 0 Å². The monoisotopic (exact) mass is 538 g/mol. The molecule has 0 spiro atoms. The molecule has 1 heterocycles. The first-order valence-corrected chi connectivity index (χ1v) is 13.4. The van der Waals surface area contributed by atoms with E-state index in [1.54, 1.807) is 30.3 Å². The van der Waals surface area contributed by atoms with E-state index in [0.29, 0.717) is 17.1 Å². The Morgan fingerprint density at radius 3 is 2.34 bits per heavy atom. The molecule has 38 heavy (non-hydrogen) atoms. The average Bonchev–Trinajstić information content (AvgIpc) is 2.92. The van der Waals surface area contributed by atoms with Gasteiger partial charge in [-0.25, -0.2) is 0 Å². The number of carbonyl (C=O) groups excluding carboxylic acids is 2. The van der Waals surface area contributed by atoms with Gasteiger partial charge in [0.05, 0.1) is 38.2 Å². The molecule has 0 aromatic heterocycles. The van der Waals surface area contributed by atoms with Gasteiger partial charge in [0.2, 0.25) is 11.8 Å². The molecule has 9 nitrogen and oxygen atoms in total. The van der Waals surface area contributed by atoms with Crippen molar-refractivity contribution >= 4 is 21.9 Å². The molecule has 1 aliphatic heterocycles. The number of carbonyl (C=O) groups is 2. The number of ether oxygens (including phenoxy) is 2. The van der Waals surface area contributed by atoms with Gasteiger partial charge < -0.3 is 19.7 Å². The number of β-lactam (4-membered cyclic amide) rings is 1. The molecule has 0 saturated carbocycles. The predicted octanol–water partition coefficient (Wildman–Crippen LogP) is 2.86. The Hall–Kier alpha value is -3.89. The molecule has 0 unspecified atom stereocenters. The van der Waals surface area contributed by atoms with E-state index in [1.807, 2.05) is 37.3 Å². The number of rotatable bonds is 11. The maximum Gasteiger partial charge on any atom is 0.297 e. The van der Waals surface area contributed by atoms with Gasteiger partial charge in [0.25, 0.3) is 10.1 Å². The summed E-state index contributed by atoms with van der Waals surface area (Å²) in [6, 6.07) is 19.0. The molecular formula is C28H30N2O7S. The van der Waals surface area contributed by atoms with E-state index in [4.69, 9.17) is 13.7 Å². The number of amides is 2. The highest BCUT2D eigenvalue weighted by Crippen LogP contribution is 2.31. The quantitative estimate of drug-likeness (QED) is 0.295. The van der Waals surface area contributed by atoms with Gasteiger partial charge in [0, 0.05) is 18.2 Å². The summed E-state index contributed by atoms with van der Waals surface area (Å²) in [5.74, 6) is 0.421. The molecule has 2 atom stereocenters. The Kier molecular flexibility index (Phi) is 8.33. The second-order valence-electron chi connectivity index (χ2n) is 8.97. The predicted molar refractivity (Wildman–Crippen MR) is 140 cm³/mol. The van der Waals surface area contributed by atoms with Gasteiger partial charge >= 0.3 is 0 Å². The van der Waals surface area contributed by atoms with Crippen LogP contribution in [0.3, 0.4) is 0 Å². The van der Waals surface area contributed by atoms with Gasteiger partial charge in [-0.05, 0) is 36.8 Å². The van der Waals surface area contributed by atoms with Gasteiger partial charge in [-0.15, -0.1) is 0 Å². The van der Waals surface area contributed by atoms with Crippen LogP contribution in [0.4, 0.5) is 0 Å². The van der Waals surface area contributed by atoms with Crippen LogP contribution in [0, 0.1) is 6.92 Å². The third-order valence-electron chi connectivity index (χ3n) is 6.40. The molecule has 4 rings (SSSR count). The van der Waals surface area contributed by atoms with E-state index in [1.165, 1.54) is 31.3 Å². The maximum atomic E-state index is 13.2. The third kappa shape index (κ3) is 6.15. The zero-order valence-corrected chi connectivity index (χ0v) is 22.2. The van der Waals surface area contributed by atoms with Crippen LogP contribution in [0.1, 0.15) is 16.7 Å². The topological polar surface area (TPSA) is 111 Å². The number of aryl methyl sites for hydroxylation is 1. The number of likely N-dealkylation sites (tertiary alicyclic amines) is 1. The van der Waals surface area contributed by atoms with Crippen LogP contribution in [-0.4, -0.2) is 58.0 Å². The number of methoxy groups -OCH3 is 2. The molecule has 1 N–H and O–H groups in total. The highest BCUT2D eigenvalue weighted by atomic mass is 32.2. The van der Waals surface area contributed by atoms with Crippen LogP contribution in [0.25, 0.3) is 0 Å².